The number of carbonyl (C=O) groups is 1. The molecule has 5 heteroatoms. The van der Waals surface area contributed by atoms with Gasteiger partial charge in [0.25, 0.3) is 0 Å². The summed E-state index contributed by atoms with van der Waals surface area (Å²) in [5.74, 6) is 0.129. The van der Waals surface area contributed by atoms with Gasteiger partial charge in [0.05, 0.1) is 0 Å². The van der Waals surface area contributed by atoms with Gasteiger partial charge in [-0.1, -0.05) is 31.9 Å². The molecule has 0 fully saturated rings. The summed E-state index contributed by atoms with van der Waals surface area (Å²) in [4.78, 5) is 12.1. The molecule has 0 atom stereocenters. The predicted molar refractivity (Wildman–Crippen MR) is 77.7 cm³/mol. The number of carbonyl (C=O) groups excluding carboxylic acids is 1. The van der Waals surface area contributed by atoms with E-state index in [1.165, 1.54) is 0 Å². The molecule has 0 amide bonds. The van der Waals surface area contributed by atoms with Crippen molar-refractivity contribution in [3.63, 3.8) is 0 Å². The number of rotatable bonds is 4. The zero-order valence-electron chi connectivity index (χ0n) is 9.86. The summed E-state index contributed by atoms with van der Waals surface area (Å²) >= 11 is 6.78. The average Bonchev–Trinajstić information content (AvgIpc) is 2.75. The minimum Gasteiger partial charge on any atom is -0.294 e. The van der Waals surface area contributed by atoms with Gasteiger partial charge in [-0.2, -0.15) is 5.10 Å². The van der Waals surface area contributed by atoms with Gasteiger partial charge in [0.1, 0.15) is 0 Å². The Balaban J connectivity index is 2.08. The summed E-state index contributed by atoms with van der Waals surface area (Å²) in [5.41, 5.74) is 1.78. The summed E-state index contributed by atoms with van der Waals surface area (Å²) in [6, 6.07) is 7.56. The van der Waals surface area contributed by atoms with E-state index in [4.69, 9.17) is 0 Å². The molecule has 1 heterocycles. The monoisotopic (exact) mass is 370 g/mol. The summed E-state index contributed by atoms with van der Waals surface area (Å²) in [6.45, 7) is 0. The zero-order chi connectivity index (χ0) is 13.1. The molecule has 2 aromatic rings. The molecule has 3 nitrogen and oxygen atoms in total. The van der Waals surface area contributed by atoms with Crippen molar-refractivity contribution < 1.29 is 4.79 Å². The molecule has 18 heavy (non-hydrogen) atoms. The van der Waals surface area contributed by atoms with Crippen LogP contribution in [0.1, 0.15) is 22.5 Å². The number of hydrogen-bond donors (Lipinski definition) is 0. The first-order chi connectivity index (χ1) is 8.58. The molecule has 0 aliphatic rings. The maximum Gasteiger partial charge on any atom is 0.164 e. The maximum atomic E-state index is 12.1. The summed E-state index contributed by atoms with van der Waals surface area (Å²) in [6.07, 6.45) is 2.93. The van der Waals surface area contributed by atoms with Crippen molar-refractivity contribution >= 4 is 37.6 Å². The number of benzene rings is 1. The van der Waals surface area contributed by atoms with Gasteiger partial charge in [0.15, 0.2) is 5.78 Å². The van der Waals surface area contributed by atoms with E-state index in [1.54, 1.807) is 10.9 Å². The van der Waals surface area contributed by atoms with Crippen molar-refractivity contribution in [3.8, 4) is 0 Å². The minimum atomic E-state index is 0.129. The van der Waals surface area contributed by atoms with Crippen molar-refractivity contribution in [3.05, 3.63) is 50.7 Å². The maximum absolute atomic E-state index is 12.1. The standard InChI is InChI=1S/C13H12Br2N2O/c1-17-10(6-7-16-17)3-5-13(18)11-8-9(14)2-4-12(11)15/h2,4,6-8H,3,5H2,1H3. The summed E-state index contributed by atoms with van der Waals surface area (Å²) in [5, 5.41) is 4.09. The topological polar surface area (TPSA) is 34.9 Å². The van der Waals surface area contributed by atoms with Crippen molar-refractivity contribution in [2.45, 2.75) is 12.8 Å². The fraction of sp³-hybridized carbons (Fsp3) is 0.231. The second kappa shape index (κ2) is 5.80. The highest BCUT2D eigenvalue weighted by Crippen LogP contribution is 2.23. The summed E-state index contributed by atoms with van der Waals surface area (Å²) < 4.78 is 3.54. The fourth-order valence-corrected chi connectivity index (χ4v) is 2.56. The minimum absolute atomic E-state index is 0.129. The Bertz CT molecular complexity index is 578. The molecule has 2 rings (SSSR count). The molecule has 0 aliphatic heterocycles. The molecule has 0 bridgehead atoms. The quantitative estimate of drug-likeness (QED) is 0.767. The van der Waals surface area contributed by atoms with E-state index in [-0.39, 0.29) is 5.78 Å². The lowest BCUT2D eigenvalue weighted by Gasteiger charge is -2.05. The van der Waals surface area contributed by atoms with Crippen LogP contribution >= 0.6 is 31.9 Å². The van der Waals surface area contributed by atoms with E-state index in [2.05, 4.69) is 37.0 Å². The number of ketones is 1. The molecule has 0 saturated heterocycles. The van der Waals surface area contributed by atoms with Crippen LogP contribution in [0.15, 0.2) is 39.4 Å². The number of hydrogen-bond acceptors (Lipinski definition) is 2. The molecule has 1 aromatic heterocycles. The van der Waals surface area contributed by atoms with Crippen LogP contribution in [0.2, 0.25) is 0 Å². The van der Waals surface area contributed by atoms with Gasteiger partial charge in [-0.25, -0.2) is 0 Å². The van der Waals surface area contributed by atoms with Gasteiger partial charge in [0, 0.05) is 39.9 Å². The molecule has 0 aliphatic carbocycles. The highest BCUT2D eigenvalue weighted by atomic mass is 79.9. The third-order valence-corrected chi connectivity index (χ3v) is 3.94. The van der Waals surface area contributed by atoms with Crippen molar-refractivity contribution in [1.29, 1.82) is 0 Å². The van der Waals surface area contributed by atoms with Crippen LogP contribution in [0.25, 0.3) is 0 Å². The van der Waals surface area contributed by atoms with Gasteiger partial charge >= 0.3 is 0 Å². The summed E-state index contributed by atoms with van der Waals surface area (Å²) in [7, 11) is 1.88. The molecule has 0 saturated carbocycles. The second-order valence-electron chi connectivity index (χ2n) is 3.99. The zero-order valence-corrected chi connectivity index (χ0v) is 13.0. The van der Waals surface area contributed by atoms with Crippen LogP contribution in [0.4, 0.5) is 0 Å². The van der Waals surface area contributed by atoms with Gasteiger partial charge < -0.3 is 0 Å². The van der Waals surface area contributed by atoms with E-state index < -0.39 is 0 Å². The van der Waals surface area contributed by atoms with E-state index in [1.807, 2.05) is 31.3 Å². The number of halogens is 2. The van der Waals surface area contributed by atoms with E-state index >= 15 is 0 Å². The second-order valence-corrected chi connectivity index (χ2v) is 5.76. The Morgan fingerprint density at radius 2 is 2.11 bits per heavy atom. The molecule has 0 spiro atoms. The Morgan fingerprint density at radius 3 is 2.78 bits per heavy atom. The van der Waals surface area contributed by atoms with E-state index in [9.17, 15) is 4.79 Å². The van der Waals surface area contributed by atoms with Crippen molar-refractivity contribution in [2.75, 3.05) is 0 Å². The third kappa shape index (κ3) is 3.09. The first kappa shape index (κ1) is 13.5. The van der Waals surface area contributed by atoms with Gasteiger partial charge in [-0.15, -0.1) is 0 Å². The molecule has 1 aromatic carbocycles. The normalized spacial score (nSPS) is 10.6. The number of aryl methyl sites for hydroxylation is 2. The van der Waals surface area contributed by atoms with E-state index in [0.717, 1.165) is 14.6 Å². The van der Waals surface area contributed by atoms with Gasteiger partial charge in [0.2, 0.25) is 0 Å². The predicted octanol–water partition coefficient (Wildman–Crippen LogP) is 3.76. The lowest BCUT2D eigenvalue weighted by atomic mass is 10.1. The molecule has 0 radical (unpaired) electrons. The average molecular weight is 372 g/mol. The van der Waals surface area contributed by atoms with Gasteiger partial charge in [-0.3, -0.25) is 9.48 Å². The van der Waals surface area contributed by atoms with Crippen LogP contribution in [-0.2, 0) is 13.5 Å². The number of nitrogens with zero attached hydrogens (tertiary/aromatic N) is 2. The smallest absolute Gasteiger partial charge is 0.164 e. The van der Waals surface area contributed by atoms with E-state index in [0.29, 0.717) is 18.4 Å². The van der Waals surface area contributed by atoms with Crippen LogP contribution in [-0.4, -0.2) is 15.6 Å². The highest BCUT2D eigenvalue weighted by Gasteiger charge is 2.11. The molecular weight excluding hydrogens is 360 g/mol. The lowest BCUT2D eigenvalue weighted by Crippen LogP contribution is -2.05. The largest absolute Gasteiger partial charge is 0.294 e. The van der Waals surface area contributed by atoms with Crippen molar-refractivity contribution in [2.24, 2.45) is 7.05 Å². The Morgan fingerprint density at radius 1 is 1.33 bits per heavy atom. The molecule has 94 valence electrons. The number of aromatic nitrogens is 2. The van der Waals surface area contributed by atoms with Crippen LogP contribution in [0, 0.1) is 0 Å². The third-order valence-electron chi connectivity index (χ3n) is 2.76. The lowest BCUT2D eigenvalue weighted by molar-refractivity contribution is 0.0981. The molecule has 0 N–H and O–H groups in total. The molecular formula is C13H12Br2N2O. The van der Waals surface area contributed by atoms with Crippen LogP contribution < -0.4 is 0 Å². The Labute approximate surface area is 122 Å². The Hall–Kier alpha value is -0.940. The number of Topliss-reactive ketones (excluding diaryl/α,β-unsaturated/α-hetero) is 1. The molecule has 0 unspecified atom stereocenters. The van der Waals surface area contributed by atoms with Crippen molar-refractivity contribution in [1.82, 2.24) is 9.78 Å². The highest BCUT2D eigenvalue weighted by molar-refractivity contribution is 9.11. The first-order valence-corrected chi connectivity index (χ1v) is 7.11. The Kier molecular flexibility index (Phi) is 4.35. The fourth-order valence-electron chi connectivity index (χ4n) is 1.73. The van der Waals surface area contributed by atoms with Gasteiger partial charge in [-0.05, 0) is 30.7 Å². The SMILES string of the molecule is Cn1nccc1CCC(=O)c1cc(Br)ccc1Br. The first-order valence-electron chi connectivity index (χ1n) is 5.53. The van der Waals surface area contributed by atoms with Crippen LogP contribution in [0.5, 0.6) is 0 Å². The van der Waals surface area contributed by atoms with Crippen LogP contribution in [0.3, 0.4) is 0 Å².